The Bertz CT molecular complexity index is 1120. The number of carboxylic acids is 1. The van der Waals surface area contributed by atoms with Crippen LogP contribution in [-0.2, 0) is 11.2 Å². The summed E-state index contributed by atoms with van der Waals surface area (Å²) in [5, 5.41) is 11.8. The van der Waals surface area contributed by atoms with Gasteiger partial charge < -0.3 is 9.84 Å². The van der Waals surface area contributed by atoms with Crippen molar-refractivity contribution in [1.29, 1.82) is 0 Å². The van der Waals surface area contributed by atoms with Crippen LogP contribution in [-0.4, -0.2) is 22.2 Å². The van der Waals surface area contributed by atoms with Crippen molar-refractivity contribution in [3.8, 4) is 5.88 Å². The van der Waals surface area contributed by atoms with Gasteiger partial charge in [-0.1, -0.05) is 42.5 Å². The van der Waals surface area contributed by atoms with Gasteiger partial charge in [-0.05, 0) is 47.1 Å². The van der Waals surface area contributed by atoms with Crippen molar-refractivity contribution in [3.63, 3.8) is 0 Å². The molecule has 0 amide bonds. The Kier molecular flexibility index (Phi) is 3.57. The van der Waals surface area contributed by atoms with Crippen molar-refractivity contribution in [3.05, 3.63) is 75.6 Å². The Balaban J connectivity index is 1.66. The predicted molar refractivity (Wildman–Crippen MR) is 102 cm³/mol. The molecule has 3 aromatic rings. The number of aromatic nitrogens is 1. The van der Waals surface area contributed by atoms with E-state index in [9.17, 15) is 14.7 Å². The molecule has 5 nitrogen and oxygen atoms in total. The number of ether oxygens (including phenoxy) is 1. The molecule has 2 heterocycles. The number of carboxylic acid groups (broad SMARTS) is 1. The molecule has 0 bridgehead atoms. The quantitative estimate of drug-likeness (QED) is 0.772. The van der Waals surface area contributed by atoms with Crippen LogP contribution in [0.25, 0.3) is 10.8 Å². The molecule has 2 aliphatic rings. The third-order valence-corrected chi connectivity index (χ3v) is 5.55. The van der Waals surface area contributed by atoms with Crippen molar-refractivity contribution in [1.82, 2.24) is 4.57 Å². The number of rotatable bonds is 4. The molecular weight excluding hydrogens is 342 g/mol. The minimum Gasteiger partial charge on any atom is -0.480 e. The number of carbonyl (C=O) groups is 1. The summed E-state index contributed by atoms with van der Waals surface area (Å²) in [4.78, 5) is 24.2. The Morgan fingerprint density at radius 3 is 2.67 bits per heavy atom. The molecule has 0 saturated heterocycles. The minimum atomic E-state index is -1.03. The van der Waals surface area contributed by atoms with Gasteiger partial charge >= 0.3 is 5.97 Å². The van der Waals surface area contributed by atoms with Crippen molar-refractivity contribution in [2.45, 2.75) is 31.2 Å². The maximum Gasteiger partial charge on any atom is 0.330 e. The van der Waals surface area contributed by atoms with Crippen molar-refractivity contribution in [2.75, 3.05) is 6.61 Å². The normalized spacial score (nSPS) is 18.3. The highest BCUT2D eigenvalue weighted by Gasteiger charge is 2.38. The molecule has 136 valence electrons. The van der Waals surface area contributed by atoms with Crippen molar-refractivity contribution in [2.24, 2.45) is 0 Å². The zero-order valence-corrected chi connectivity index (χ0v) is 14.7. The fourth-order valence-corrected chi connectivity index (χ4v) is 4.13. The second kappa shape index (κ2) is 5.98. The van der Waals surface area contributed by atoms with Gasteiger partial charge in [-0.3, -0.25) is 9.36 Å². The summed E-state index contributed by atoms with van der Waals surface area (Å²) in [6.45, 7) is 0.0159. The summed E-state index contributed by atoms with van der Waals surface area (Å²) < 4.78 is 7.06. The summed E-state index contributed by atoms with van der Waals surface area (Å²) in [5.41, 5.74) is 2.84. The van der Waals surface area contributed by atoms with E-state index in [1.165, 1.54) is 15.3 Å². The molecule has 1 atom stereocenters. The SMILES string of the molecule is O=C(O)[C@@H]1COc2c(C3CC3)c(Cc3cccc4ccccc34)cc(=O)n21. The highest BCUT2D eigenvalue weighted by molar-refractivity contribution is 5.86. The Hall–Kier alpha value is -3.08. The highest BCUT2D eigenvalue weighted by Crippen LogP contribution is 2.47. The predicted octanol–water partition coefficient (Wildman–Crippen LogP) is 3.49. The largest absolute Gasteiger partial charge is 0.480 e. The third-order valence-electron chi connectivity index (χ3n) is 5.55. The number of nitrogens with zero attached hydrogens (tertiary/aromatic N) is 1. The Morgan fingerprint density at radius 2 is 1.89 bits per heavy atom. The second-order valence-electron chi connectivity index (χ2n) is 7.35. The summed E-state index contributed by atoms with van der Waals surface area (Å²) in [6.07, 6.45) is 2.74. The van der Waals surface area contributed by atoms with Crippen LogP contribution in [0, 0.1) is 0 Å². The number of aliphatic carboxylic acids is 1. The number of hydrogen-bond donors (Lipinski definition) is 1. The molecule has 1 aromatic heterocycles. The Morgan fingerprint density at radius 1 is 1.11 bits per heavy atom. The van der Waals surface area contributed by atoms with Gasteiger partial charge in [0.05, 0.1) is 0 Å². The first kappa shape index (κ1) is 16.1. The minimum absolute atomic E-state index is 0.0159. The lowest BCUT2D eigenvalue weighted by Crippen LogP contribution is -2.28. The van der Waals surface area contributed by atoms with Gasteiger partial charge in [-0.15, -0.1) is 0 Å². The molecule has 1 saturated carbocycles. The molecule has 0 unspecified atom stereocenters. The zero-order valence-electron chi connectivity index (χ0n) is 14.7. The van der Waals surface area contributed by atoms with E-state index in [2.05, 4.69) is 24.3 Å². The number of pyridine rings is 1. The molecule has 0 spiro atoms. The third kappa shape index (κ3) is 2.62. The molecule has 5 rings (SSSR count). The molecular formula is C22H19NO4. The maximum absolute atomic E-state index is 12.7. The highest BCUT2D eigenvalue weighted by atomic mass is 16.5. The number of benzene rings is 2. The summed E-state index contributed by atoms with van der Waals surface area (Å²) >= 11 is 0. The molecule has 5 heteroatoms. The van der Waals surface area contributed by atoms with Gasteiger partial charge in [0.25, 0.3) is 5.56 Å². The molecule has 1 fully saturated rings. The topological polar surface area (TPSA) is 68.5 Å². The fraction of sp³-hybridized carbons (Fsp3) is 0.273. The maximum atomic E-state index is 12.7. The average Bonchev–Trinajstić information content (AvgIpc) is 3.39. The molecule has 1 aliphatic heterocycles. The number of hydrogen-bond acceptors (Lipinski definition) is 3. The first-order valence-corrected chi connectivity index (χ1v) is 9.24. The van der Waals surface area contributed by atoms with Crippen LogP contribution in [0.5, 0.6) is 5.88 Å². The monoisotopic (exact) mass is 361 g/mol. The van der Waals surface area contributed by atoms with E-state index in [-0.39, 0.29) is 12.2 Å². The summed E-state index contributed by atoms with van der Waals surface area (Å²) in [5.74, 6) is -0.212. The first-order valence-electron chi connectivity index (χ1n) is 9.24. The van der Waals surface area contributed by atoms with Gasteiger partial charge in [0.15, 0.2) is 6.04 Å². The van der Waals surface area contributed by atoms with Gasteiger partial charge in [0, 0.05) is 11.6 Å². The first-order chi connectivity index (χ1) is 13.1. The Labute approximate surface area is 155 Å². The van der Waals surface area contributed by atoms with E-state index in [0.29, 0.717) is 18.2 Å². The van der Waals surface area contributed by atoms with Crippen LogP contribution in [0.3, 0.4) is 0 Å². The second-order valence-corrected chi connectivity index (χ2v) is 7.35. The standard InChI is InChI=1S/C22H19NO4/c24-19-11-16(10-15-6-3-5-13-4-1-2-7-17(13)15)20(14-8-9-14)21-23(19)18(12-27-21)22(25)26/h1-7,11,14,18H,8-10,12H2,(H,25,26)/t18-/m0/s1. The van der Waals surface area contributed by atoms with Crippen LogP contribution >= 0.6 is 0 Å². The van der Waals surface area contributed by atoms with Crippen LogP contribution in [0.2, 0.25) is 0 Å². The van der Waals surface area contributed by atoms with Crippen molar-refractivity contribution >= 4 is 16.7 Å². The number of fused-ring (bicyclic) bond motifs is 2. The summed E-state index contributed by atoms with van der Waals surface area (Å²) in [7, 11) is 0. The van der Waals surface area contributed by atoms with Gasteiger partial charge in [-0.25, -0.2) is 4.79 Å². The van der Waals surface area contributed by atoms with Gasteiger partial charge in [0.2, 0.25) is 5.88 Å². The van der Waals surface area contributed by atoms with E-state index < -0.39 is 12.0 Å². The smallest absolute Gasteiger partial charge is 0.330 e. The lowest BCUT2D eigenvalue weighted by molar-refractivity contribution is -0.140. The average molecular weight is 361 g/mol. The van der Waals surface area contributed by atoms with Crippen molar-refractivity contribution < 1.29 is 14.6 Å². The zero-order chi connectivity index (χ0) is 18.5. The molecule has 0 radical (unpaired) electrons. The molecule has 27 heavy (non-hydrogen) atoms. The molecule has 2 aromatic carbocycles. The lowest BCUT2D eigenvalue weighted by atomic mass is 9.94. The van der Waals surface area contributed by atoms with Gasteiger partial charge in [0.1, 0.15) is 6.61 Å². The van der Waals surface area contributed by atoms with E-state index in [1.807, 2.05) is 18.2 Å². The molecule has 1 aliphatic carbocycles. The van der Waals surface area contributed by atoms with Crippen LogP contribution in [0.15, 0.2) is 53.3 Å². The molecule has 1 N–H and O–H groups in total. The van der Waals surface area contributed by atoms with Crippen LogP contribution < -0.4 is 10.3 Å². The fourth-order valence-electron chi connectivity index (χ4n) is 4.13. The van der Waals surface area contributed by atoms with E-state index in [1.54, 1.807) is 6.07 Å². The van der Waals surface area contributed by atoms with E-state index >= 15 is 0 Å². The van der Waals surface area contributed by atoms with E-state index in [0.717, 1.165) is 29.5 Å². The van der Waals surface area contributed by atoms with E-state index in [4.69, 9.17) is 4.74 Å². The van der Waals surface area contributed by atoms with Crippen LogP contribution in [0.4, 0.5) is 0 Å². The van der Waals surface area contributed by atoms with Gasteiger partial charge in [-0.2, -0.15) is 0 Å². The lowest BCUT2D eigenvalue weighted by Gasteiger charge is -2.15. The van der Waals surface area contributed by atoms with Crippen LogP contribution in [0.1, 0.15) is 41.5 Å². The summed E-state index contributed by atoms with van der Waals surface area (Å²) in [6, 6.07) is 15.1.